The molecule has 1 aliphatic rings. The van der Waals surface area contributed by atoms with Gasteiger partial charge in [-0.3, -0.25) is 19.5 Å². The van der Waals surface area contributed by atoms with Gasteiger partial charge < -0.3 is 14.6 Å². The summed E-state index contributed by atoms with van der Waals surface area (Å²) in [5, 5.41) is 5.75. The molecule has 8 nitrogen and oxygen atoms in total. The highest BCUT2D eigenvalue weighted by Crippen LogP contribution is 2.15. The molecule has 2 aromatic heterocycles. The topological polar surface area (TPSA) is 100 Å². The number of benzene rings is 1. The molecule has 0 aliphatic carbocycles. The summed E-state index contributed by atoms with van der Waals surface area (Å²) in [6.07, 6.45) is 3.00. The molecule has 4 rings (SSSR count). The predicted molar refractivity (Wildman–Crippen MR) is 101 cm³/mol. The van der Waals surface area contributed by atoms with Crippen LogP contribution in [-0.2, 0) is 0 Å². The van der Waals surface area contributed by atoms with E-state index in [4.69, 9.17) is 4.42 Å². The van der Waals surface area contributed by atoms with E-state index in [2.05, 4.69) is 10.4 Å². The van der Waals surface area contributed by atoms with Crippen LogP contribution < -0.4 is 10.9 Å². The van der Waals surface area contributed by atoms with Crippen LogP contribution in [-0.4, -0.2) is 45.6 Å². The maximum absolute atomic E-state index is 12.6. The third-order valence-corrected chi connectivity index (χ3v) is 4.76. The second-order valence-electron chi connectivity index (χ2n) is 6.72. The number of rotatable bonds is 4. The largest absolute Gasteiger partial charge is 0.459 e. The van der Waals surface area contributed by atoms with Crippen molar-refractivity contribution in [2.75, 3.05) is 13.1 Å². The van der Waals surface area contributed by atoms with Gasteiger partial charge >= 0.3 is 0 Å². The highest BCUT2D eigenvalue weighted by atomic mass is 16.3. The molecule has 0 unspecified atom stereocenters. The lowest BCUT2D eigenvalue weighted by Crippen LogP contribution is -2.49. The predicted octanol–water partition coefficient (Wildman–Crippen LogP) is 1.79. The molecule has 3 heterocycles. The number of carbonyl (C=O) groups is 2. The molecule has 1 aromatic carbocycles. The maximum Gasteiger partial charge on any atom is 0.289 e. The first-order valence-corrected chi connectivity index (χ1v) is 9.13. The molecule has 0 radical (unpaired) electrons. The third-order valence-electron chi connectivity index (χ3n) is 4.76. The molecule has 144 valence electrons. The fourth-order valence-electron chi connectivity index (χ4n) is 3.38. The van der Waals surface area contributed by atoms with Gasteiger partial charge in [0.2, 0.25) is 0 Å². The van der Waals surface area contributed by atoms with E-state index in [1.54, 1.807) is 29.2 Å². The Morgan fingerprint density at radius 2 is 1.96 bits per heavy atom. The third kappa shape index (κ3) is 3.62. The molecule has 0 saturated carbocycles. The minimum absolute atomic E-state index is 0.184. The Hall–Kier alpha value is -3.55. The molecular weight excluding hydrogens is 360 g/mol. The Balaban J connectivity index is 1.44. The molecule has 1 aliphatic heterocycles. The molecule has 0 bridgehead atoms. The van der Waals surface area contributed by atoms with Gasteiger partial charge in [0.15, 0.2) is 5.76 Å². The van der Waals surface area contributed by atoms with Crippen molar-refractivity contribution in [2.24, 2.45) is 0 Å². The maximum atomic E-state index is 12.6. The van der Waals surface area contributed by atoms with Crippen molar-refractivity contribution in [2.45, 2.75) is 18.9 Å². The van der Waals surface area contributed by atoms with Gasteiger partial charge in [0.1, 0.15) is 5.69 Å². The molecule has 0 spiro atoms. The number of para-hydroxylation sites is 1. The zero-order valence-corrected chi connectivity index (χ0v) is 15.1. The summed E-state index contributed by atoms with van der Waals surface area (Å²) in [5.41, 5.74) is 0.525. The van der Waals surface area contributed by atoms with Gasteiger partial charge in [-0.15, -0.1) is 0 Å². The van der Waals surface area contributed by atoms with Crippen molar-refractivity contribution in [1.82, 2.24) is 20.0 Å². The van der Waals surface area contributed by atoms with Crippen LogP contribution in [0, 0.1) is 0 Å². The molecule has 8 heteroatoms. The van der Waals surface area contributed by atoms with Gasteiger partial charge in [-0.05, 0) is 37.1 Å². The number of H-pyrrole nitrogens is 1. The number of amides is 2. The lowest BCUT2D eigenvalue weighted by atomic mass is 10.1. The van der Waals surface area contributed by atoms with Crippen LogP contribution in [0.1, 0.15) is 33.9 Å². The molecule has 2 amide bonds. The van der Waals surface area contributed by atoms with Crippen molar-refractivity contribution in [1.29, 1.82) is 0 Å². The highest BCUT2D eigenvalue weighted by Gasteiger charge is 2.27. The van der Waals surface area contributed by atoms with Gasteiger partial charge in [-0.25, -0.2) is 4.68 Å². The van der Waals surface area contributed by atoms with Crippen molar-refractivity contribution in [3.63, 3.8) is 0 Å². The van der Waals surface area contributed by atoms with Crippen LogP contribution in [0.25, 0.3) is 5.69 Å². The summed E-state index contributed by atoms with van der Waals surface area (Å²) in [6, 6.07) is 13.4. The number of aromatic amines is 1. The standard InChI is InChI=1S/C20H20N4O4/c25-18-12-16(22-24(18)15-7-2-1-3-8-15)19(26)21-14-6-4-10-23(13-14)20(27)17-9-5-11-28-17/h1-3,5,7-9,11-12,14,22H,4,6,10,13H2,(H,21,26)/t14-/m1/s1. The lowest BCUT2D eigenvalue weighted by Gasteiger charge is -2.32. The summed E-state index contributed by atoms with van der Waals surface area (Å²) in [5.74, 6) is -0.270. The molecule has 1 saturated heterocycles. The summed E-state index contributed by atoms with van der Waals surface area (Å²) in [7, 11) is 0. The Morgan fingerprint density at radius 3 is 2.71 bits per heavy atom. The number of furan rings is 1. The van der Waals surface area contributed by atoms with E-state index in [1.807, 2.05) is 18.2 Å². The summed E-state index contributed by atoms with van der Waals surface area (Å²) in [6.45, 7) is 1.02. The number of hydrogen-bond donors (Lipinski definition) is 2. The first kappa shape index (κ1) is 17.8. The summed E-state index contributed by atoms with van der Waals surface area (Å²) in [4.78, 5) is 38.9. The SMILES string of the molecule is O=C(N[C@@H]1CCCN(C(=O)c2ccco2)C1)c1cc(=O)n(-c2ccccc2)[nH]1. The average molecular weight is 380 g/mol. The van der Waals surface area contributed by atoms with E-state index in [9.17, 15) is 14.4 Å². The zero-order valence-electron chi connectivity index (χ0n) is 15.1. The van der Waals surface area contributed by atoms with Gasteiger partial charge in [0, 0.05) is 25.2 Å². The molecule has 1 fully saturated rings. The van der Waals surface area contributed by atoms with E-state index in [0.29, 0.717) is 18.8 Å². The van der Waals surface area contributed by atoms with Crippen LogP contribution >= 0.6 is 0 Å². The van der Waals surface area contributed by atoms with Crippen molar-refractivity contribution in [3.8, 4) is 5.69 Å². The molecule has 2 N–H and O–H groups in total. The number of likely N-dealkylation sites (tertiary alicyclic amines) is 1. The van der Waals surface area contributed by atoms with Crippen molar-refractivity contribution < 1.29 is 14.0 Å². The number of piperidine rings is 1. The van der Waals surface area contributed by atoms with E-state index >= 15 is 0 Å². The number of carbonyl (C=O) groups excluding carboxylic acids is 2. The number of hydrogen-bond acceptors (Lipinski definition) is 4. The fourth-order valence-corrected chi connectivity index (χ4v) is 3.38. The first-order chi connectivity index (χ1) is 13.6. The van der Waals surface area contributed by atoms with Gasteiger partial charge in [-0.2, -0.15) is 0 Å². The second-order valence-corrected chi connectivity index (χ2v) is 6.72. The van der Waals surface area contributed by atoms with Crippen LogP contribution in [0.5, 0.6) is 0 Å². The first-order valence-electron chi connectivity index (χ1n) is 9.13. The van der Waals surface area contributed by atoms with E-state index in [-0.39, 0.29) is 34.9 Å². The van der Waals surface area contributed by atoms with Crippen LogP contribution in [0.4, 0.5) is 0 Å². The second kappa shape index (κ2) is 7.59. The van der Waals surface area contributed by atoms with E-state index in [1.165, 1.54) is 17.0 Å². The van der Waals surface area contributed by atoms with Crippen LogP contribution in [0.15, 0.2) is 64.0 Å². The fraction of sp³-hybridized carbons (Fsp3) is 0.250. The zero-order chi connectivity index (χ0) is 19.5. The highest BCUT2D eigenvalue weighted by molar-refractivity contribution is 5.93. The monoisotopic (exact) mass is 380 g/mol. The number of nitrogens with one attached hydrogen (secondary N) is 2. The Morgan fingerprint density at radius 1 is 1.14 bits per heavy atom. The molecular formula is C20H20N4O4. The Kier molecular flexibility index (Phi) is 4.84. The minimum atomic E-state index is -0.371. The van der Waals surface area contributed by atoms with Crippen LogP contribution in [0.2, 0.25) is 0 Å². The quantitative estimate of drug-likeness (QED) is 0.721. The van der Waals surface area contributed by atoms with Crippen molar-refractivity contribution in [3.05, 3.63) is 76.6 Å². The van der Waals surface area contributed by atoms with Gasteiger partial charge in [-0.1, -0.05) is 18.2 Å². The van der Waals surface area contributed by atoms with E-state index in [0.717, 1.165) is 12.8 Å². The van der Waals surface area contributed by atoms with E-state index < -0.39 is 0 Å². The molecule has 1 atom stereocenters. The molecule has 3 aromatic rings. The normalized spacial score (nSPS) is 16.7. The number of aromatic nitrogens is 2. The summed E-state index contributed by atoms with van der Waals surface area (Å²) < 4.78 is 6.49. The lowest BCUT2D eigenvalue weighted by molar-refractivity contribution is 0.0646. The number of nitrogens with zero attached hydrogens (tertiary/aromatic N) is 2. The summed E-state index contributed by atoms with van der Waals surface area (Å²) >= 11 is 0. The molecule has 28 heavy (non-hydrogen) atoms. The van der Waals surface area contributed by atoms with Crippen molar-refractivity contribution >= 4 is 11.8 Å². The van der Waals surface area contributed by atoms with Gasteiger partial charge in [0.05, 0.1) is 12.0 Å². The van der Waals surface area contributed by atoms with Gasteiger partial charge in [0.25, 0.3) is 17.4 Å². The smallest absolute Gasteiger partial charge is 0.289 e. The minimum Gasteiger partial charge on any atom is -0.459 e. The van der Waals surface area contributed by atoms with Crippen LogP contribution in [0.3, 0.4) is 0 Å². The average Bonchev–Trinajstić information content (AvgIpc) is 3.38. The Labute approximate surface area is 160 Å². The Bertz CT molecular complexity index is 1020.